The molecule has 3 N–H and O–H groups in total. The zero-order valence-corrected chi connectivity index (χ0v) is 16.6. The molecule has 8 heteroatoms. The van der Waals surface area contributed by atoms with Gasteiger partial charge in [0.25, 0.3) is 0 Å². The molecule has 1 aromatic carbocycles. The van der Waals surface area contributed by atoms with Crippen LogP contribution in [0.5, 0.6) is 0 Å². The minimum atomic E-state index is 0.710. The number of fused-ring (bicyclic) bond motifs is 1. The van der Waals surface area contributed by atoms with E-state index in [1.54, 1.807) is 0 Å². The highest BCUT2D eigenvalue weighted by molar-refractivity contribution is 5.93. The highest BCUT2D eigenvalue weighted by atomic mass is 15.3. The number of nitrogens with zero attached hydrogens (tertiary/aromatic N) is 5. The number of anilines is 3. The number of H-pyrrole nitrogens is 2. The van der Waals surface area contributed by atoms with Crippen LogP contribution < -0.4 is 10.2 Å². The van der Waals surface area contributed by atoms with E-state index in [2.05, 4.69) is 55.5 Å². The molecule has 0 amide bonds. The van der Waals surface area contributed by atoms with Crippen molar-refractivity contribution in [2.75, 3.05) is 43.4 Å². The number of aromatic nitrogens is 5. The molecule has 0 atom stereocenters. The van der Waals surface area contributed by atoms with Crippen molar-refractivity contribution < 1.29 is 0 Å². The first-order chi connectivity index (χ1) is 14.2. The Morgan fingerprint density at radius 2 is 1.86 bits per heavy atom. The van der Waals surface area contributed by atoms with Crippen LogP contribution in [0.2, 0.25) is 0 Å². The Morgan fingerprint density at radius 3 is 2.66 bits per heavy atom. The number of nitrogens with one attached hydrogen (secondary N) is 3. The lowest BCUT2D eigenvalue weighted by Crippen LogP contribution is -2.44. The summed E-state index contributed by atoms with van der Waals surface area (Å²) < 4.78 is 0. The zero-order chi connectivity index (χ0) is 19.8. The molecule has 0 unspecified atom stereocenters. The SMILES string of the molecule is Cc1cc(Nc2cc(N3CCN(C)CC3)nc(-c3cccc4[nH]ccc34)n2)n[nH]1. The minimum absolute atomic E-state index is 0.710. The highest BCUT2D eigenvalue weighted by Crippen LogP contribution is 2.29. The lowest BCUT2D eigenvalue weighted by atomic mass is 10.1. The number of piperazine rings is 1. The van der Waals surface area contributed by atoms with Gasteiger partial charge in [-0.3, -0.25) is 5.10 Å². The summed E-state index contributed by atoms with van der Waals surface area (Å²) in [6.45, 7) is 5.92. The summed E-state index contributed by atoms with van der Waals surface area (Å²) in [4.78, 5) is 17.7. The van der Waals surface area contributed by atoms with Gasteiger partial charge < -0.3 is 20.1 Å². The van der Waals surface area contributed by atoms with Crippen LogP contribution in [0.25, 0.3) is 22.3 Å². The normalized spacial score (nSPS) is 15.2. The summed E-state index contributed by atoms with van der Waals surface area (Å²) in [5.74, 6) is 3.13. The predicted molar refractivity (Wildman–Crippen MR) is 116 cm³/mol. The molecule has 1 saturated heterocycles. The zero-order valence-electron chi connectivity index (χ0n) is 16.6. The summed E-state index contributed by atoms with van der Waals surface area (Å²) in [5.41, 5.74) is 3.09. The molecule has 0 saturated carbocycles. The Kier molecular flexibility index (Phi) is 4.40. The number of aryl methyl sites for hydroxylation is 1. The molecule has 0 radical (unpaired) electrons. The fourth-order valence-electron chi connectivity index (χ4n) is 3.71. The van der Waals surface area contributed by atoms with Gasteiger partial charge in [-0.15, -0.1) is 0 Å². The Balaban J connectivity index is 1.58. The Labute approximate surface area is 169 Å². The first-order valence-electron chi connectivity index (χ1n) is 9.84. The number of hydrogen-bond donors (Lipinski definition) is 3. The van der Waals surface area contributed by atoms with Gasteiger partial charge in [0.1, 0.15) is 11.6 Å². The van der Waals surface area contributed by atoms with E-state index in [1.165, 1.54) is 0 Å². The van der Waals surface area contributed by atoms with Crippen molar-refractivity contribution in [3.63, 3.8) is 0 Å². The largest absolute Gasteiger partial charge is 0.361 e. The molecule has 3 aromatic heterocycles. The van der Waals surface area contributed by atoms with Crippen LogP contribution in [0.15, 0.2) is 42.6 Å². The first kappa shape index (κ1) is 17.7. The molecule has 1 aliphatic rings. The van der Waals surface area contributed by atoms with Crippen LogP contribution in [0.4, 0.5) is 17.5 Å². The van der Waals surface area contributed by atoms with Crippen molar-refractivity contribution >= 4 is 28.4 Å². The van der Waals surface area contributed by atoms with Crippen LogP contribution >= 0.6 is 0 Å². The number of hydrogen-bond acceptors (Lipinski definition) is 6. The number of likely N-dealkylation sites (N-methyl/N-ethyl adjacent to an activating group) is 1. The van der Waals surface area contributed by atoms with Crippen LogP contribution in [0.3, 0.4) is 0 Å². The van der Waals surface area contributed by atoms with Crippen molar-refractivity contribution in [1.82, 2.24) is 30.0 Å². The molecule has 1 fully saturated rings. The van der Waals surface area contributed by atoms with Crippen LogP contribution in [0, 0.1) is 6.92 Å². The van der Waals surface area contributed by atoms with E-state index >= 15 is 0 Å². The maximum Gasteiger partial charge on any atom is 0.164 e. The smallest absolute Gasteiger partial charge is 0.164 e. The first-order valence-corrected chi connectivity index (χ1v) is 9.84. The van der Waals surface area contributed by atoms with Crippen molar-refractivity contribution in [3.8, 4) is 11.4 Å². The van der Waals surface area contributed by atoms with E-state index in [0.29, 0.717) is 5.82 Å². The molecule has 4 heterocycles. The van der Waals surface area contributed by atoms with Crippen molar-refractivity contribution in [3.05, 3.63) is 48.3 Å². The van der Waals surface area contributed by atoms with Gasteiger partial charge in [-0.25, -0.2) is 9.97 Å². The van der Waals surface area contributed by atoms with Gasteiger partial charge in [-0.2, -0.15) is 5.10 Å². The summed E-state index contributed by atoms with van der Waals surface area (Å²) in [6.07, 6.45) is 1.95. The van der Waals surface area contributed by atoms with Crippen LogP contribution in [-0.4, -0.2) is 63.3 Å². The third-order valence-electron chi connectivity index (χ3n) is 5.34. The summed E-state index contributed by atoms with van der Waals surface area (Å²) in [6, 6.07) is 12.2. The molecule has 0 bridgehead atoms. The van der Waals surface area contributed by atoms with Gasteiger partial charge in [0.15, 0.2) is 11.6 Å². The van der Waals surface area contributed by atoms with Crippen molar-refractivity contribution in [2.45, 2.75) is 6.92 Å². The molecule has 0 aliphatic carbocycles. The average Bonchev–Trinajstić information content (AvgIpc) is 3.37. The van der Waals surface area contributed by atoms with Gasteiger partial charge in [0, 0.05) is 66.7 Å². The lowest BCUT2D eigenvalue weighted by molar-refractivity contribution is 0.312. The van der Waals surface area contributed by atoms with Gasteiger partial charge >= 0.3 is 0 Å². The fourth-order valence-corrected chi connectivity index (χ4v) is 3.71. The van der Waals surface area contributed by atoms with E-state index in [-0.39, 0.29) is 0 Å². The lowest BCUT2D eigenvalue weighted by Gasteiger charge is -2.33. The molecule has 0 spiro atoms. The van der Waals surface area contributed by atoms with Crippen molar-refractivity contribution in [1.29, 1.82) is 0 Å². The van der Waals surface area contributed by atoms with Crippen LogP contribution in [0.1, 0.15) is 5.69 Å². The van der Waals surface area contributed by atoms with Crippen molar-refractivity contribution in [2.24, 2.45) is 0 Å². The second-order valence-corrected chi connectivity index (χ2v) is 7.53. The van der Waals surface area contributed by atoms with E-state index in [4.69, 9.17) is 9.97 Å². The van der Waals surface area contributed by atoms with Gasteiger partial charge in [0.05, 0.1) is 0 Å². The second-order valence-electron chi connectivity index (χ2n) is 7.53. The molecular formula is C21H24N8. The molecule has 1 aliphatic heterocycles. The molecule has 148 valence electrons. The topological polar surface area (TPSA) is 88.8 Å². The fraction of sp³-hybridized carbons (Fsp3) is 0.286. The molecule has 5 rings (SSSR count). The third-order valence-corrected chi connectivity index (χ3v) is 5.34. The van der Waals surface area contributed by atoms with Gasteiger partial charge in [-0.1, -0.05) is 12.1 Å². The van der Waals surface area contributed by atoms with E-state index in [9.17, 15) is 0 Å². The minimum Gasteiger partial charge on any atom is -0.361 e. The Bertz CT molecular complexity index is 1140. The maximum atomic E-state index is 4.94. The number of rotatable bonds is 4. The monoisotopic (exact) mass is 388 g/mol. The quantitative estimate of drug-likeness (QED) is 0.498. The Hall–Kier alpha value is -3.39. The molecular weight excluding hydrogens is 364 g/mol. The average molecular weight is 388 g/mol. The third kappa shape index (κ3) is 3.54. The maximum absolute atomic E-state index is 4.94. The summed E-state index contributed by atoms with van der Waals surface area (Å²) >= 11 is 0. The molecule has 4 aromatic rings. The van der Waals surface area contributed by atoms with Gasteiger partial charge in [0.2, 0.25) is 0 Å². The number of aromatic amines is 2. The van der Waals surface area contributed by atoms with E-state index in [1.807, 2.05) is 31.3 Å². The molecule has 29 heavy (non-hydrogen) atoms. The summed E-state index contributed by atoms with van der Waals surface area (Å²) in [5, 5.41) is 11.7. The highest BCUT2D eigenvalue weighted by Gasteiger charge is 2.19. The predicted octanol–water partition coefficient (Wildman–Crippen LogP) is 3.15. The standard InChI is InChI=1S/C21H24N8/c1-14-12-19(27-26-14)23-18-13-20(29-10-8-28(2)9-11-29)25-21(24-18)16-4-3-5-17-15(16)6-7-22-17/h3-7,12-13,22H,8-11H2,1-2H3,(H2,23,24,25,26,27). The Morgan fingerprint density at radius 1 is 1.00 bits per heavy atom. The van der Waals surface area contributed by atoms with E-state index < -0.39 is 0 Å². The summed E-state index contributed by atoms with van der Waals surface area (Å²) in [7, 11) is 2.16. The van der Waals surface area contributed by atoms with Crippen LogP contribution in [-0.2, 0) is 0 Å². The number of benzene rings is 1. The second kappa shape index (κ2) is 7.21. The molecule has 8 nitrogen and oxygen atoms in total. The van der Waals surface area contributed by atoms with E-state index in [0.717, 1.165) is 65.8 Å². The van der Waals surface area contributed by atoms with Gasteiger partial charge in [-0.05, 0) is 26.1 Å².